The summed E-state index contributed by atoms with van der Waals surface area (Å²) in [6, 6.07) is 84.6. The maximum Gasteiger partial charge on any atom is 0.143 e. The van der Waals surface area contributed by atoms with Crippen LogP contribution in [0.5, 0.6) is 0 Å². The molecule has 13 aromatic rings. The lowest BCUT2D eigenvalue weighted by molar-refractivity contribution is 0.672. The van der Waals surface area contributed by atoms with Crippen LogP contribution in [-0.2, 0) is 0 Å². The van der Waals surface area contributed by atoms with Crippen LogP contribution in [0.25, 0.3) is 110 Å². The molecule has 3 nitrogen and oxygen atoms in total. The number of rotatable bonds is 7. The highest BCUT2D eigenvalue weighted by Gasteiger charge is 2.19. The van der Waals surface area contributed by atoms with Gasteiger partial charge in [-0.2, -0.15) is 0 Å². The Labute approximate surface area is 375 Å². The number of anilines is 3. The molecule has 0 amide bonds. The van der Waals surface area contributed by atoms with Crippen molar-refractivity contribution in [2.45, 2.75) is 0 Å². The molecule has 2 aromatic heterocycles. The average Bonchev–Trinajstić information content (AvgIpc) is 3.97. The highest BCUT2D eigenvalue weighted by Crippen LogP contribution is 2.44. The normalized spacial score (nSPS) is 11.7. The van der Waals surface area contributed by atoms with Crippen LogP contribution in [0, 0.1) is 0 Å². The zero-order valence-electron chi connectivity index (χ0n) is 35.3. The predicted octanol–water partition coefficient (Wildman–Crippen LogP) is 17.9. The van der Waals surface area contributed by atoms with Gasteiger partial charge >= 0.3 is 0 Å². The van der Waals surface area contributed by atoms with E-state index in [9.17, 15) is 0 Å². The van der Waals surface area contributed by atoms with Crippen LogP contribution < -0.4 is 4.90 Å². The van der Waals surface area contributed by atoms with Crippen molar-refractivity contribution in [1.29, 1.82) is 0 Å². The monoisotopic (exact) mass is 829 g/mol. The van der Waals surface area contributed by atoms with Crippen molar-refractivity contribution in [3.05, 3.63) is 237 Å². The SMILES string of the molecule is c1ccc(-c2cccc(-c3ccc(N(c4ccc(-c5cccc6oc7c8ccccc8ccc7c56)cc4)c4ccc(-c5cccc6oc7c8ccccc8ccc7c56)cc4)cc3)c2)cc1. The lowest BCUT2D eigenvalue weighted by atomic mass is 9.97. The Morgan fingerprint density at radius 3 is 1.15 bits per heavy atom. The molecule has 0 N–H and O–H groups in total. The first-order valence-electron chi connectivity index (χ1n) is 22.1. The first-order chi connectivity index (χ1) is 32.2. The molecule has 0 atom stereocenters. The van der Waals surface area contributed by atoms with Gasteiger partial charge < -0.3 is 13.7 Å². The van der Waals surface area contributed by atoms with Crippen LogP contribution in [0.15, 0.2) is 245 Å². The van der Waals surface area contributed by atoms with E-state index in [0.29, 0.717) is 0 Å². The van der Waals surface area contributed by atoms with E-state index in [1.54, 1.807) is 0 Å². The zero-order chi connectivity index (χ0) is 42.8. The van der Waals surface area contributed by atoms with Crippen LogP contribution in [0.1, 0.15) is 0 Å². The van der Waals surface area contributed by atoms with Gasteiger partial charge in [0.2, 0.25) is 0 Å². The quantitative estimate of drug-likeness (QED) is 0.160. The van der Waals surface area contributed by atoms with Gasteiger partial charge in [0.05, 0.1) is 0 Å². The first-order valence-corrected chi connectivity index (χ1v) is 22.1. The van der Waals surface area contributed by atoms with Gasteiger partial charge in [-0.1, -0.05) is 170 Å². The summed E-state index contributed by atoms with van der Waals surface area (Å²) in [5, 5.41) is 9.12. The van der Waals surface area contributed by atoms with Gasteiger partial charge in [-0.15, -0.1) is 0 Å². The minimum Gasteiger partial charge on any atom is -0.455 e. The van der Waals surface area contributed by atoms with Crippen molar-refractivity contribution < 1.29 is 8.83 Å². The van der Waals surface area contributed by atoms with Crippen molar-refractivity contribution in [3.8, 4) is 44.5 Å². The molecule has 0 spiro atoms. The summed E-state index contributed by atoms with van der Waals surface area (Å²) < 4.78 is 13.1. The Bertz CT molecular complexity index is 3720. The lowest BCUT2D eigenvalue weighted by Gasteiger charge is -2.26. The average molecular weight is 830 g/mol. The van der Waals surface area contributed by atoms with Gasteiger partial charge in [0, 0.05) is 49.4 Å². The fraction of sp³-hybridized carbons (Fsp3) is 0. The van der Waals surface area contributed by atoms with Crippen LogP contribution in [0.4, 0.5) is 17.1 Å². The molecule has 3 heteroatoms. The first kappa shape index (κ1) is 36.9. The third kappa shape index (κ3) is 6.20. The summed E-state index contributed by atoms with van der Waals surface area (Å²) in [6.45, 7) is 0. The van der Waals surface area contributed by atoms with Crippen molar-refractivity contribution >= 4 is 82.5 Å². The van der Waals surface area contributed by atoms with E-state index < -0.39 is 0 Å². The maximum absolute atomic E-state index is 6.56. The van der Waals surface area contributed by atoms with Gasteiger partial charge in [-0.05, 0) is 122 Å². The number of hydrogen-bond donors (Lipinski definition) is 0. The molecule has 0 aliphatic carbocycles. The largest absolute Gasteiger partial charge is 0.455 e. The highest BCUT2D eigenvalue weighted by molar-refractivity contribution is 6.20. The van der Waals surface area contributed by atoms with E-state index in [-0.39, 0.29) is 0 Å². The second-order valence-corrected chi connectivity index (χ2v) is 16.8. The standard InChI is InChI=1S/C62H39NO2/c1-2-11-40(12-3-1)46-15-8-16-47(39-46)41-23-31-48(32-24-41)63(49-33-25-44(26-34-49)51-19-9-21-57-59(51)55-37-29-42-13-4-6-17-53(42)61(55)64-57)50-35-27-45(28-36-50)52-20-10-22-58-60(52)56-38-30-43-14-5-7-18-54(43)62(56)65-58/h1-39H. The molecule has 0 saturated heterocycles. The number of hydrogen-bond acceptors (Lipinski definition) is 3. The lowest BCUT2D eigenvalue weighted by Crippen LogP contribution is -2.09. The summed E-state index contributed by atoms with van der Waals surface area (Å²) in [4.78, 5) is 2.34. The van der Waals surface area contributed by atoms with Gasteiger partial charge in [-0.25, -0.2) is 0 Å². The Morgan fingerprint density at radius 1 is 0.262 bits per heavy atom. The summed E-state index contributed by atoms with van der Waals surface area (Å²) in [5.74, 6) is 0. The fourth-order valence-electron chi connectivity index (χ4n) is 9.93. The molecule has 0 saturated carbocycles. The molecular weight excluding hydrogens is 791 g/mol. The Hall–Kier alpha value is -8.66. The van der Waals surface area contributed by atoms with E-state index in [2.05, 4.69) is 241 Å². The molecule has 2 heterocycles. The molecule has 0 aliphatic rings. The molecule has 11 aromatic carbocycles. The van der Waals surface area contributed by atoms with E-state index in [1.165, 1.54) is 33.0 Å². The zero-order valence-corrected chi connectivity index (χ0v) is 35.3. The molecular formula is C62H39NO2. The smallest absolute Gasteiger partial charge is 0.143 e. The van der Waals surface area contributed by atoms with Crippen LogP contribution in [-0.4, -0.2) is 0 Å². The van der Waals surface area contributed by atoms with E-state index in [0.717, 1.165) is 94.0 Å². The summed E-state index contributed by atoms with van der Waals surface area (Å²) in [5.41, 5.74) is 16.1. The summed E-state index contributed by atoms with van der Waals surface area (Å²) in [7, 11) is 0. The number of benzene rings is 11. The third-order valence-electron chi connectivity index (χ3n) is 13.1. The second kappa shape index (κ2) is 15.0. The van der Waals surface area contributed by atoms with Gasteiger partial charge in [0.1, 0.15) is 22.3 Å². The fourth-order valence-corrected chi connectivity index (χ4v) is 9.93. The minimum atomic E-state index is 0.890. The number of furan rings is 2. The minimum absolute atomic E-state index is 0.890. The van der Waals surface area contributed by atoms with Crippen molar-refractivity contribution in [2.75, 3.05) is 4.90 Å². The predicted molar refractivity (Wildman–Crippen MR) is 272 cm³/mol. The van der Waals surface area contributed by atoms with Crippen LogP contribution >= 0.6 is 0 Å². The van der Waals surface area contributed by atoms with Gasteiger partial charge in [0.15, 0.2) is 0 Å². The molecule has 0 fully saturated rings. The van der Waals surface area contributed by atoms with Crippen LogP contribution in [0.2, 0.25) is 0 Å². The van der Waals surface area contributed by atoms with E-state index >= 15 is 0 Å². The molecule has 0 unspecified atom stereocenters. The highest BCUT2D eigenvalue weighted by atomic mass is 16.3. The third-order valence-corrected chi connectivity index (χ3v) is 13.1. The Kier molecular flexibility index (Phi) is 8.53. The molecule has 304 valence electrons. The number of fused-ring (bicyclic) bond motifs is 10. The van der Waals surface area contributed by atoms with Gasteiger partial charge in [0.25, 0.3) is 0 Å². The molecule has 0 bridgehead atoms. The number of nitrogens with zero attached hydrogens (tertiary/aromatic N) is 1. The molecule has 13 rings (SSSR count). The Morgan fingerprint density at radius 2 is 0.662 bits per heavy atom. The topological polar surface area (TPSA) is 29.5 Å². The van der Waals surface area contributed by atoms with Crippen LogP contribution in [0.3, 0.4) is 0 Å². The van der Waals surface area contributed by atoms with Crippen molar-refractivity contribution in [2.24, 2.45) is 0 Å². The second-order valence-electron chi connectivity index (χ2n) is 16.8. The van der Waals surface area contributed by atoms with Gasteiger partial charge in [-0.3, -0.25) is 0 Å². The summed E-state index contributed by atoms with van der Waals surface area (Å²) in [6.07, 6.45) is 0. The molecule has 65 heavy (non-hydrogen) atoms. The van der Waals surface area contributed by atoms with E-state index in [4.69, 9.17) is 8.83 Å². The summed E-state index contributed by atoms with van der Waals surface area (Å²) >= 11 is 0. The van der Waals surface area contributed by atoms with E-state index in [1.807, 2.05) is 0 Å². The molecule has 0 aliphatic heterocycles. The maximum atomic E-state index is 6.56. The van der Waals surface area contributed by atoms with Crippen molar-refractivity contribution in [1.82, 2.24) is 0 Å². The Balaban J connectivity index is 0.907. The van der Waals surface area contributed by atoms with Crippen molar-refractivity contribution in [3.63, 3.8) is 0 Å². The molecule has 0 radical (unpaired) electrons.